The summed E-state index contributed by atoms with van der Waals surface area (Å²) in [6.07, 6.45) is 3.17. The summed E-state index contributed by atoms with van der Waals surface area (Å²) in [4.78, 5) is 14.6. The lowest BCUT2D eigenvalue weighted by Crippen LogP contribution is -2.27. The van der Waals surface area contributed by atoms with Gasteiger partial charge < -0.3 is 14.4 Å². The minimum Gasteiger partial charge on any atom is -0.494 e. The summed E-state index contributed by atoms with van der Waals surface area (Å²) in [7, 11) is 1.43. The second-order valence-corrected chi connectivity index (χ2v) is 5.61. The van der Waals surface area contributed by atoms with Crippen molar-refractivity contribution in [3.05, 3.63) is 35.0 Å². The molecule has 1 aromatic carbocycles. The topological polar surface area (TPSA) is 87.3 Å². The SMILES string of the molecule is COc1c(C#N)ccc(OC(C)C)c1C(=O)N1C=C2C=NN=C2C1. The van der Waals surface area contributed by atoms with E-state index in [1.54, 1.807) is 24.5 Å². The number of ether oxygens (including phenoxy) is 2. The summed E-state index contributed by atoms with van der Waals surface area (Å²) >= 11 is 0. The molecule has 0 N–H and O–H groups in total. The van der Waals surface area contributed by atoms with E-state index < -0.39 is 0 Å². The molecule has 0 fully saturated rings. The van der Waals surface area contributed by atoms with Gasteiger partial charge in [0.1, 0.15) is 17.4 Å². The number of nitriles is 1. The molecule has 122 valence electrons. The number of hydrogen-bond acceptors (Lipinski definition) is 6. The van der Waals surface area contributed by atoms with Crippen molar-refractivity contribution < 1.29 is 14.3 Å². The molecule has 0 atom stereocenters. The van der Waals surface area contributed by atoms with Crippen LogP contribution in [0, 0.1) is 11.3 Å². The molecule has 0 radical (unpaired) electrons. The largest absolute Gasteiger partial charge is 0.494 e. The molecule has 0 unspecified atom stereocenters. The zero-order chi connectivity index (χ0) is 17.3. The van der Waals surface area contributed by atoms with Crippen LogP contribution in [0.3, 0.4) is 0 Å². The van der Waals surface area contributed by atoms with E-state index in [0.29, 0.717) is 12.3 Å². The van der Waals surface area contributed by atoms with Crippen molar-refractivity contribution in [1.82, 2.24) is 4.90 Å². The number of methoxy groups -OCH3 is 1. The smallest absolute Gasteiger partial charge is 0.265 e. The molecule has 2 aliphatic rings. The average molecular weight is 324 g/mol. The fourth-order valence-corrected chi connectivity index (χ4v) is 2.59. The first-order chi connectivity index (χ1) is 11.5. The fourth-order valence-electron chi connectivity index (χ4n) is 2.59. The molecule has 2 heterocycles. The minimum absolute atomic E-state index is 0.123. The Morgan fingerprint density at radius 3 is 2.83 bits per heavy atom. The highest BCUT2D eigenvalue weighted by Crippen LogP contribution is 2.34. The molecule has 0 aliphatic carbocycles. The number of amides is 1. The van der Waals surface area contributed by atoms with Gasteiger partial charge in [0.25, 0.3) is 5.91 Å². The average Bonchev–Trinajstić information content (AvgIpc) is 3.14. The summed E-state index contributed by atoms with van der Waals surface area (Å²) in [6, 6.07) is 5.25. The van der Waals surface area contributed by atoms with Gasteiger partial charge in [0.15, 0.2) is 5.75 Å². The van der Waals surface area contributed by atoms with Gasteiger partial charge >= 0.3 is 0 Å². The highest BCUT2D eigenvalue weighted by atomic mass is 16.5. The summed E-state index contributed by atoms with van der Waals surface area (Å²) < 4.78 is 11.1. The van der Waals surface area contributed by atoms with Crippen molar-refractivity contribution in [1.29, 1.82) is 5.26 Å². The van der Waals surface area contributed by atoms with E-state index in [-0.39, 0.29) is 28.9 Å². The number of fused-ring (bicyclic) bond motifs is 1. The Bertz CT molecular complexity index is 831. The Kier molecular flexibility index (Phi) is 4.04. The number of rotatable bonds is 4. The van der Waals surface area contributed by atoms with Crippen LogP contribution in [0.4, 0.5) is 0 Å². The first-order valence-electron chi connectivity index (χ1n) is 7.46. The van der Waals surface area contributed by atoms with Crippen molar-refractivity contribution >= 4 is 17.8 Å². The summed E-state index contributed by atoms with van der Waals surface area (Å²) in [6.45, 7) is 4.06. The van der Waals surface area contributed by atoms with Crippen molar-refractivity contribution in [3.8, 4) is 17.6 Å². The van der Waals surface area contributed by atoms with Gasteiger partial charge in [0, 0.05) is 11.8 Å². The molecular weight excluding hydrogens is 308 g/mol. The molecule has 2 aliphatic heterocycles. The molecule has 7 heteroatoms. The van der Waals surface area contributed by atoms with Crippen LogP contribution >= 0.6 is 0 Å². The predicted molar refractivity (Wildman–Crippen MR) is 88.5 cm³/mol. The normalized spacial score (nSPS) is 15.0. The first-order valence-corrected chi connectivity index (χ1v) is 7.46. The van der Waals surface area contributed by atoms with Crippen LogP contribution in [0.25, 0.3) is 0 Å². The molecule has 1 amide bonds. The van der Waals surface area contributed by atoms with E-state index >= 15 is 0 Å². The number of carbonyl (C=O) groups excluding carboxylic acids is 1. The van der Waals surface area contributed by atoms with Crippen molar-refractivity contribution in [2.45, 2.75) is 20.0 Å². The van der Waals surface area contributed by atoms with Crippen molar-refractivity contribution in [2.75, 3.05) is 13.7 Å². The van der Waals surface area contributed by atoms with Gasteiger partial charge in [-0.05, 0) is 26.0 Å². The number of hydrogen-bond donors (Lipinski definition) is 0. The Balaban J connectivity index is 2.06. The third-order valence-corrected chi connectivity index (χ3v) is 3.60. The monoisotopic (exact) mass is 324 g/mol. The van der Waals surface area contributed by atoms with E-state index in [2.05, 4.69) is 10.2 Å². The lowest BCUT2D eigenvalue weighted by molar-refractivity contribution is 0.0833. The summed E-state index contributed by atoms with van der Waals surface area (Å²) in [5, 5.41) is 17.1. The van der Waals surface area contributed by atoms with E-state index in [0.717, 1.165) is 11.3 Å². The van der Waals surface area contributed by atoms with Crippen LogP contribution in [-0.4, -0.2) is 42.5 Å². The Morgan fingerprint density at radius 2 is 2.21 bits per heavy atom. The van der Waals surface area contributed by atoms with Crippen molar-refractivity contribution in [2.24, 2.45) is 10.2 Å². The Labute approximate surface area is 139 Å². The molecule has 1 aromatic rings. The van der Waals surface area contributed by atoms with Gasteiger partial charge in [-0.3, -0.25) is 4.79 Å². The molecule has 3 rings (SSSR count). The van der Waals surface area contributed by atoms with Gasteiger partial charge in [-0.25, -0.2) is 0 Å². The van der Waals surface area contributed by atoms with Crippen LogP contribution in [0.1, 0.15) is 29.8 Å². The lowest BCUT2D eigenvalue weighted by atomic mass is 10.1. The highest BCUT2D eigenvalue weighted by molar-refractivity contribution is 6.22. The quantitative estimate of drug-likeness (QED) is 0.849. The van der Waals surface area contributed by atoms with Crippen LogP contribution in [-0.2, 0) is 0 Å². The van der Waals surface area contributed by atoms with E-state index in [1.807, 2.05) is 19.9 Å². The lowest BCUT2D eigenvalue weighted by Gasteiger charge is -2.20. The standard InChI is InChI=1S/C17H16N4O3/c1-10(2)24-14-5-4-11(6-18)16(23-3)15(14)17(22)21-8-12-7-19-20-13(12)9-21/h4-5,7-8,10H,9H2,1-3H3. The predicted octanol–water partition coefficient (Wildman–Crippen LogP) is 2.13. The zero-order valence-electron chi connectivity index (χ0n) is 13.6. The second kappa shape index (κ2) is 6.16. The fraction of sp³-hybridized carbons (Fsp3) is 0.294. The molecule has 0 aromatic heterocycles. The molecule has 7 nitrogen and oxygen atoms in total. The van der Waals surface area contributed by atoms with Crippen molar-refractivity contribution in [3.63, 3.8) is 0 Å². The summed E-state index contributed by atoms with van der Waals surface area (Å²) in [5.74, 6) is 0.293. The Morgan fingerprint density at radius 1 is 1.42 bits per heavy atom. The van der Waals surface area contributed by atoms with E-state index in [9.17, 15) is 10.1 Å². The number of nitrogens with zero attached hydrogens (tertiary/aromatic N) is 4. The zero-order valence-corrected chi connectivity index (χ0v) is 13.6. The molecular formula is C17H16N4O3. The van der Waals surface area contributed by atoms with Gasteiger partial charge in [0.2, 0.25) is 0 Å². The maximum atomic E-state index is 13.0. The third kappa shape index (κ3) is 2.63. The highest BCUT2D eigenvalue weighted by Gasteiger charge is 2.31. The van der Waals surface area contributed by atoms with Crippen LogP contribution in [0.5, 0.6) is 11.5 Å². The summed E-state index contributed by atoms with van der Waals surface area (Å²) in [5.41, 5.74) is 2.07. The van der Waals surface area contributed by atoms with Crippen LogP contribution < -0.4 is 9.47 Å². The molecule has 0 bridgehead atoms. The van der Waals surface area contributed by atoms with Gasteiger partial charge in [-0.2, -0.15) is 15.5 Å². The van der Waals surface area contributed by atoms with E-state index in [4.69, 9.17) is 9.47 Å². The van der Waals surface area contributed by atoms with Crippen LogP contribution in [0.2, 0.25) is 0 Å². The minimum atomic E-state index is -0.308. The molecule has 24 heavy (non-hydrogen) atoms. The molecule has 0 saturated carbocycles. The van der Waals surface area contributed by atoms with Gasteiger partial charge in [-0.1, -0.05) is 0 Å². The van der Waals surface area contributed by atoms with Gasteiger partial charge in [0.05, 0.1) is 37.2 Å². The van der Waals surface area contributed by atoms with E-state index in [1.165, 1.54) is 12.0 Å². The van der Waals surface area contributed by atoms with Gasteiger partial charge in [-0.15, -0.1) is 0 Å². The number of benzene rings is 1. The molecule has 0 spiro atoms. The number of carbonyl (C=O) groups is 1. The maximum Gasteiger partial charge on any atom is 0.265 e. The Hall–Kier alpha value is -3.14. The molecule has 0 saturated heterocycles. The maximum absolute atomic E-state index is 13.0. The third-order valence-electron chi connectivity index (χ3n) is 3.60. The van der Waals surface area contributed by atoms with Crippen LogP contribution in [0.15, 0.2) is 34.1 Å². The second-order valence-electron chi connectivity index (χ2n) is 5.61. The first kappa shape index (κ1) is 15.7.